The largest absolute Gasteiger partial charge is 0.469 e. The highest BCUT2D eigenvalue weighted by molar-refractivity contribution is 5.80. The lowest BCUT2D eigenvalue weighted by Crippen LogP contribution is -2.36. The molecule has 2 aromatic rings. The Morgan fingerprint density at radius 1 is 1.52 bits per heavy atom. The molecule has 0 bridgehead atoms. The van der Waals surface area contributed by atoms with Gasteiger partial charge >= 0.3 is 0 Å². The number of hydrogen-bond donors (Lipinski definition) is 1. The van der Waals surface area contributed by atoms with E-state index < -0.39 is 0 Å². The van der Waals surface area contributed by atoms with E-state index in [9.17, 15) is 4.79 Å². The Labute approximate surface area is 124 Å². The molecule has 0 saturated heterocycles. The summed E-state index contributed by atoms with van der Waals surface area (Å²) in [5, 5.41) is 7.53. The van der Waals surface area contributed by atoms with Crippen molar-refractivity contribution in [3.8, 4) is 0 Å². The molecule has 2 aromatic heterocycles. The van der Waals surface area contributed by atoms with Crippen LogP contribution in [-0.4, -0.2) is 15.7 Å². The van der Waals surface area contributed by atoms with Crippen molar-refractivity contribution in [2.24, 2.45) is 0 Å². The van der Waals surface area contributed by atoms with Crippen molar-refractivity contribution >= 4 is 5.91 Å². The van der Waals surface area contributed by atoms with Crippen molar-refractivity contribution < 1.29 is 9.21 Å². The molecule has 0 aliphatic heterocycles. The second-order valence-corrected chi connectivity index (χ2v) is 5.80. The van der Waals surface area contributed by atoms with E-state index in [4.69, 9.17) is 4.42 Å². The van der Waals surface area contributed by atoms with Gasteiger partial charge in [0, 0.05) is 17.7 Å². The van der Waals surface area contributed by atoms with Gasteiger partial charge in [0.05, 0.1) is 18.0 Å². The second-order valence-electron chi connectivity index (χ2n) is 5.80. The van der Waals surface area contributed by atoms with Crippen LogP contribution in [0.5, 0.6) is 0 Å². The number of aromatic nitrogens is 2. The number of amides is 1. The van der Waals surface area contributed by atoms with E-state index in [1.54, 1.807) is 10.9 Å². The van der Waals surface area contributed by atoms with Crippen molar-refractivity contribution in [2.45, 2.75) is 52.1 Å². The molecule has 0 aromatic carbocycles. The summed E-state index contributed by atoms with van der Waals surface area (Å²) in [5.74, 6) is 1.01. The molecule has 1 aliphatic rings. The maximum Gasteiger partial charge on any atom is 0.245 e. The third kappa shape index (κ3) is 2.60. The first-order chi connectivity index (χ1) is 10.1. The van der Waals surface area contributed by atoms with Gasteiger partial charge in [-0.1, -0.05) is 0 Å². The molecule has 3 rings (SSSR count). The Kier molecular flexibility index (Phi) is 3.57. The van der Waals surface area contributed by atoms with Gasteiger partial charge in [0.1, 0.15) is 11.8 Å². The lowest BCUT2D eigenvalue weighted by Gasteiger charge is -2.24. The summed E-state index contributed by atoms with van der Waals surface area (Å²) in [6.07, 6.45) is 4.67. The van der Waals surface area contributed by atoms with E-state index in [1.807, 2.05) is 32.9 Å². The second kappa shape index (κ2) is 5.39. The van der Waals surface area contributed by atoms with Crippen LogP contribution in [0.25, 0.3) is 0 Å². The van der Waals surface area contributed by atoms with Crippen LogP contribution in [0, 0.1) is 13.8 Å². The first-order valence-electron chi connectivity index (χ1n) is 7.45. The van der Waals surface area contributed by atoms with Crippen molar-refractivity contribution in [1.82, 2.24) is 15.1 Å². The van der Waals surface area contributed by atoms with E-state index in [0.717, 1.165) is 42.0 Å². The summed E-state index contributed by atoms with van der Waals surface area (Å²) in [6, 6.07) is 3.70. The molecule has 5 nitrogen and oxygen atoms in total. The molecular formula is C16H21N3O2. The predicted molar refractivity (Wildman–Crippen MR) is 78.9 cm³/mol. The molecule has 1 aliphatic carbocycles. The molecule has 5 heteroatoms. The Bertz CT molecular complexity index is 656. The van der Waals surface area contributed by atoms with Crippen LogP contribution in [0.3, 0.4) is 0 Å². The summed E-state index contributed by atoms with van der Waals surface area (Å²) in [5.41, 5.74) is 3.06. The van der Waals surface area contributed by atoms with Crippen LogP contribution < -0.4 is 5.32 Å². The number of carbonyl (C=O) groups excluding carboxylic acids is 1. The quantitative estimate of drug-likeness (QED) is 0.944. The zero-order chi connectivity index (χ0) is 15.0. The van der Waals surface area contributed by atoms with Crippen molar-refractivity contribution in [1.29, 1.82) is 0 Å². The Hall–Kier alpha value is -2.04. The summed E-state index contributed by atoms with van der Waals surface area (Å²) in [7, 11) is 0. The first kappa shape index (κ1) is 13.9. The Balaban J connectivity index is 1.74. The van der Waals surface area contributed by atoms with Crippen LogP contribution in [0.4, 0.5) is 0 Å². The molecule has 0 unspecified atom stereocenters. The number of fused-ring (bicyclic) bond motifs is 1. The molecule has 21 heavy (non-hydrogen) atoms. The van der Waals surface area contributed by atoms with E-state index >= 15 is 0 Å². The molecular weight excluding hydrogens is 266 g/mol. The summed E-state index contributed by atoms with van der Waals surface area (Å²) in [6.45, 7) is 5.79. The number of furan rings is 1. The zero-order valence-electron chi connectivity index (χ0n) is 12.7. The van der Waals surface area contributed by atoms with E-state index in [0.29, 0.717) is 0 Å². The van der Waals surface area contributed by atoms with Gasteiger partial charge in [0.25, 0.3) is 0 Å². The first-order valence-corrected chi connectivity index (χ1v) is 7.45. The molecule has 1 amide bonds. The molecule has 0 spiro atoms. The number of rotatable bonds is 3. The van der Waals surface area contributed by atoms with E-state index in [1.165, 1.54) is 0 Å². The number of nitrogens with zero attached hydrogens (tertiary/aromatic N) is 2. The van der Waals surface area contributed by atoms with Gasteiger partial charge in [-0.25, -0.2) is 0 Å². The SMILES string of the molecule is Cc1cc(C)n([C@H](C)C(=O)N[C@H]2CCCc3occc32)n1. The van der Waals surface area contributed by atoms with E-state index in [-0.39, 0.29) is 18.0 Å². The average Bonchev–Trinajstić information content (AvgIpc) is 3.04. The van der Waals surface area contributed by atoms with Gasteiger partial charge in [-0.15, -0.1) is 0 Å². The Morgan fingerprint density at radius 3 is 3.05 bits per heavy atom. The number of aryl methyl sites for hydroxylation is 3. The summed E-state index contributed by atoms with van der Waals surface area (Å²) in [4.78, 5) is 12.5. The maximum absolute atomic E-state index is 12.5. The standard InChI is InChI=1S/C16H21N3O2/c1-10-9-11(2)19(18-10)12(3)16(20)17-14-5-4-6-15-13(14)7-8-21-15/h7-9,12,14H,4-6H2,1-3H3,(H,17,20)/t12-,14+/m1/s1. The highest BCUT2D eigenvalue weighted by Gasteiger charge is 2.26. The van der Waals surface area contributed by atoms with Gasteiger partial charge in [-0.05, 0) is 45.7 Å². The van der Waals surface area contributed by atoms with Crippen molar-refractivity contribution in [3.63, 3.8) is 0 Å². The number of carbonyl (C=O) groups is 1. The fraction of sp³-hybridized carbons (Fsp3) is 0.500. The molecule has 0 radical (unpaired) electrons. The van der Waals surface area contributed by atoms with Crippen LogP contribution in [-0.2, 0) is 11.2 Å². The lowest BCUT2D eigenvalue weighted by molar-refractivity contribution is -0.125. The lowest BCUT2D eigenvalue weighted by atomic mass is 9.93. The van der Waals surface area contributed by atoms with Crippen molar-refractivity contribution in [2.75, 3.05) is 0 Å². The smallest absolute Gasteiger partial charge is 0.245 e. The minimum Gasteiger partial charge on any atom is -0.469 e. The van der Waals surface area contributed by atoms with Gasteiger partial charge in [0.15, 0.2) is 0 Å². The van der Waals surface area contributed by atoms with Gasteiger partial charge < -0.3 is 9.73 Å². The normalized spacial score (nSPS) is 19.1. The Morgan fingerprint density at radius 2 is 2.33 bits per heavy atom. The number of hydrogen-bond acceptors (Lipinski definition) is 3. The van der Waals surface area contributed by atoms with Gasteiger partial charge in [-0.2, -0.15) is 5.10 Å². The molecule has 112 valence electrons. The van der Waals surface area contributed by atoms with Crippen LogP contribution in [0.2, 0.25) is 0 Å². The third-order valence-corrected chi connectivity index (χ3v) is 4.16. The summed E-state index contributed by atoms with van der Waals surface area (Å²) >= 11 is 0. The van der Waals surface area contributed by atoms with Crippen LogP contribution >= 0.6 is 0 Å². The number of nitrogens with one attached hydrogen (secondary N) is 1. The molecule has 2 atom stereocenters. The molecule has 1 N–H and O–H groups in total. The van der Waals surface area contributed by atoms with Crippen LogP contribution in [0.15, 0.2) is 22.8 Å². The highest BCUT2D eigenvalue weighted by Crippen LogP contribution is 2.30. The van der Waals surface area contributed by atoms with Crippen LogP contribution in [0.1, 0.15) is 54.6 Å². The zero-order valence-corrected chi connectivity index (χ0v) is 12.7. The fourth-order valence-corrected chi connectivity index (χ4v) is 3.08. The molecule has 0 saturated carbocycles. The fourth-order valence-electron chi connectivity index (χ4n) is 3.08. The topological polar surface area (TPSA) is 60.1 Å². The predicted octanol–water partition coefficient (Wildman–Crippen LogP) is 2.85. The third-order valence-electron chi connectivity index (χ3n) is 4.16. The molecule has 0 fully saturated rings. The van der Waals surface area contributed by atoms with Crippen molar-refractivity contribution in [3.05, 3.63) is 41.1 Å². The monoisotopic (exact) mass is 287 g/mol. The van der Waals surface area contributed by atoms with Gasteiger partial charge in [-0.3, -0.25) is 9.48 Å². The minimum atomic E-state index is -0.309. The van der Waals surface area contributed by atoms with E-state index in [2.05, 4.69) is 10.4 Å². The highest BCUT2D eigenvalue weighted by atomic mass is 16.3. The van der Waals surface area contributed by atoms with Gasteiger partial charge in [0.2, 0.25) is 5.91 Å². The average molecular weight is 287 g/mol. The maximum atomic E-state index is 12.5. The summed E-state index contributed by atoms with van der Waals surface area (Å²) < 4.78 is 7.25. The minimum absolute atomic E-state index is 0.000231. The molecule has 2 heterocycles.